The van der Waals surface area contributed by atoms with Gasteiger partial charge in [-0.05, 0) is 49.1 Å². The number of hydrogen-bond acceptors (Lipinski definition) is 4. The van der Waals surface area contributed by atoms with Crippen LogP contribution in [-0.4, -0.2) is 50.8 Å². The topological polar surface area (TPSA) is 86.8 Å². The van der Waals surface area contributed by atoms with Gasteiger partial charge in [-0.15, -0.1) is 0 Å². The van der Waals surface area contributed by atoms with Crippen molar-refractivity contribution in [1.82, 2.24) is 10.2 Å². The lowest BCUT2D eigenvalue weighted by atomic mass is 10.1. The predicted molar refractivity (Wildman–Crippen MR) is 157 cm³/mol. The number of nitrogens with zero attached hydrogens (tertiary/aromatic N) is 2. The number of amides is 2. The molecule has 10 heteroatoms. The van der Waals surface area contributed by atoms with Gasteiger partial charge in [0.25, 0.3) is 10.0 Å². The Morgan fingerprint density at radius 3 is 2.15 bits per heavy atom. The number of rotatable bonds is 13. The summed E-state index contributed by atoms with van der Waals surface area (Å²) in [6, 6.07) is 21.2. The Hall–Kier alpha value is -3.07. The summed E-state index contributed by atoms with van der Waals surface area (Å²) >= 11 is 12.7. The van der Waals surface area contributed by atoms with Crippen LogP contribution in [0.25, 0.3) is 0 Å². The molecule has 3 rings (SSSR count). The van der Waals surface area contributed by atoms with Crippen LogP contribution in [0.3, 0.4) is 0 Å². The second-order valence-electron chi connectivity index (χ2n) is 8.94. The quantitative estimate of drug-likeness (QED) is 0.282. The zero-order valence-electron chi connectivity index (χ0n) is 22.0. The number of carbonyl (C=O) groups excluding carboxylic acids is 2. The Labute approximate surface area is 240 Å². The molecule has 0 aromatic heterocycles. The van der Waals surface area contributed by atoms with Crippen LogP contribution < -0.4 is 9.62 Å². The molecule has 3 aromatic rings. The Morgan fingerprint density at radius 2 is 1.54 bits per heavy atom. The maximum atomic E-state index is 14.0. The van der Waals surface area contributed by atoms with Crippen LogP contribution in [0.15, 0.2) is 83.8 Å². The second kappa shape index (κ2) is 14.4. The molecule has 0 bridgehead atoms. The van der Waals surface area contributed by atoms with Gasteiger partial charge in [0.2, 0.25) is 11.8 Å². The second-order valence-corrected chi connectivity index (χ2v) is 11.6. The minimum atomic E-state index is -4.21. The molecule has 2 amide bonds. The summed E-state index contributed by atoms with van der Waals surface area (Å²) in [6.45, 7) is 3.90. The number of hydrogen-bond donors (Lipinski definition) is 1. The van der Waals surface area contributed by atoms with Gasteiger partial charge in [-0.3, -0.25) is 13.9 Å². The molecule has 0 heterocycles. The molecule has 0 aliphatic carbocycles. The van der Waals surface area contributed by atoms with Crippen LogP contribution in [0.1, 0.15) is 32.3 Å². The first-order chi connectivity index (χ1) is 18.7. The van der Waals surface area contributed by atoms with E-state index in [1.807, 2.05) is 44.2 Å². The Balaban J connectivity index is 2.03. The van der Waals surface area contributed by atoms with E-state index in [-0.39, 0.29) is 33.1 Å². The molecule has 1 unspecified atom stereocenters. The fourth-order valence-electron chi connectivity index (χ4n) is 4.18. The summed E-state index contributed by atoms with van der Waals surface area (Å²) in [4.78, 5) is 28.5. The highest BCUT2D eigenvalue weighted by molar-refractivity contribution is 7.92. The number of anilines is 1. The van der Waals surface area contributed by atoms with E-state index in [2.05, 4.69) is 5.32 Å². The average molecular weight is 591 g/mol. The summed E-state index contributed by atoms with van der Waals surface area (Å²) < 4.78 is 28.6. The van der Waals surface area contributed by atoms with E-state index in [0.717, 1.165) is 16.3 Å². The van der Waals surface area contributed by atoms with E-state index in [9.17, 15) is 18.0 Å². The highest BCUT2D eigenvalue weighted by Crippen LogP contribution is 2.35. The third-order valence-electron chi connectivity index (χ3n) is 6.23. The van der Waals surface area contributed by atoms with E-state index < -0.39 is 28.5 Å². The van der Waals surface area contributed by atoms with E-state index >= 15 is 0 Å². The van der Waals surface area contributed by atoms with Crippen LogP contribution in [0.4, 0.5) is 5.69 Å². The summed E-state index contributed by atoms with van der Waals surface area (Å²) in [7, 11) is -4.21. The van der Waals surface area contributed by atoms with Crippen LogP contribution in [-0.2, 0) is 26.0 Å². The zero-order chi connectivity index (χ0) is 28.4. The lowest BCUT2D eigenvalue weighted by molar-refractivity contribution is -0.139. The summed E-state index contributed by atoms with van der Waals surface area (Å²) in [5, 5.41) is 3.03. The van der Waals surface area contributed by atoms with Crippen molar-refractivity contribution < 1.29 is 18.0 Å². The molecule has 39 heavy (non-hydrogen) atoms. The SMILES string of the molecule is CCCNC(=O)C(CC)N(CCc1ccccc1)C(=O)CN(c1cccc(Cl)c1Cl)S(=O)(=O)c1ccccc1. The first-order valence-electron chi connectivity index (χ1n) is 12.8. The van der Waals surface area contributed by atoms with Gasteiger partial charge in [0.1, 0.15) is 12.6 Å². The fraction of sp³-hybridized carbons (Fsp3) is 0.310. The lowest BCUT2D eigenvalue weighted by Crippen LogP contribution is -2.53. The molecule has 7 nitrogen and oxygen atoms in total. The van der Waals surface area contributed by atoms with Crippen molar-refractivity contribution in [3.05, 3.63) is 94.5 Å². The van der Waals surface area contributed by atoms with E-state index in [4.69, 9.17) is 23.2 Å². The van der Waals surface area contributed by atoms with Gasteiger partial charge in [-0.25, -0.2) is 8.42 Å². The van der Waals surface area contributed by atoms with E-state index in [0.29, 0.717) is 19.4 Å². The van der Waals surface area contributed by atoms with Crippen molar-refractivity contribution in [2.24, 2.45) is 0 Å². The minimum absolute atomic E-state index is 0.00240. The summed E-state index contributed by atoms with van der Waals surface area (Å²) in [6.07, 6.45) is 1.60. The van der Waals surface area contributed by atoms with Gasteiger partial charge >= 0.3 is 0 Å². The van der Waals surface area contributed by atoms with Crippen LogP contribution in [0.2, 0.25) is 10.0 Å². The number of sulfonamides is 1. The van der Waals surface area contributed by atoms with Crippen molar-refractivity contribution in [2.45, 2.75) is 44.0 Å². The average Bonchev–Trinajstić information content (AvgIpc) is 2.95. The standard InChI is InChI=1S/C29H33Cl2N3O4S/c1-3-19-32-29(36)25(4-2)33(20-18-22-12-7-5-8-13-22)27(35)21-34(26-17-11-16-24(30)28(26)31)39(37,38)23-14-9-6-10-15-23/h5-17,25H,3-4,18-21H2,1-2H3,(H,32,36). The largest absolute Gasteiger partial charge is 0.354 e. The molecule has 208 valence electrons. The zero-order valence-corrected chi connectivity index (χ0v) is 24.3. The minimum Gasteiger partial charge on any atom is -0.354 e. The molecular weight excluding hydrogens is 557 g/mol. The van der Waals surface area contributed by atoms with E-state index in [1.54, 1.807) is 30.3 Å². The molecule has 1 N–H and O–H groups in total. The predicted octanol–water partition coefficient (Wildman–Crippen LogP) is 5.56. The molecule has 1 atom stereocenters. The molecule has 0 radical (unpaired) electrons. The maximum absolute atomic E-state index is 14.0. The van der Waals surface area contributed by atoms with Gasteiger partial charge in [-0.1, -0.05) is 91.6 Å². The van der Waals surface area contributed by atoms with Crippen molar-refractivity contribution >= 4 is 50.7 Å². The molecule has 0 aliphatic rings. The molecule has 0 aliphatic heterocycles. The third-order valence-corrected chi connectivity index (χ3v) is 8.81. The molecule has 0 spiro atoms. The van der Waals surface area contributed by atoms with Gasteiger partial charge in [0.15, 0.2) is 0 Å². The van der Waals surface area contributed by atoms with Crippen molar-refractivity contribution in [1.29, 1.82) is 0 Å². The first-order valence-corrected chi connectivity index (χ1v) is 15.0. The summed E-state index contributed by atoms with van der Waals surface area (Å²) in [5.74, 6) is -0.806. The fourth-order valence-corrected chi connectivity index (χ4v) is 6.07. The van der Waals surface area contributed by atoms with E-state index in [1.165, 1.54) is 23.1 Å². The van der Waals surface area contributed by atoms with Crippen LogP contribution >= 0.6 is 23.2 Å². The smallest absolute Gasteiger partial charge is 0.264 e. The molecule has 0 saturated heterocycles. The Bertz CT molecular complexity index is 1360. The molecular formula is C29H33Cl2N3O4S. The monoisotopic (exact) mass is 589 g/mol. The van der Waals surface area contributed by atoms with Crippen molar-refractivity contribution in [2.75, 3.05) is 23.9 Å². The van der Waals surface area contributed by atoms with Crippen molar-refractivity contribution in [3.8, 4) is 0 Å². The maximum Gasteiger partial charge on any atom is 0.264 e. The highest BCUT2D eigenvalue weighted by atomic mass is 35.5. The van der Waals surface area contributed by atoms with Crippen LogP contribution in [0, 0.1) is 0 Å². The van der Waals surface area contributed by atoms with Gasteiger partial charge in [0.05, 0.1) is 20.6 Å². The van der Waals surface area contributed by atoms with Gasteiger partial charge in [0, 0.05) is 13.1 Å². The van der Waals surface area contributed by atoms with Crippen molar-refractivity contribution in [3.63, 3.8) is 0 Å². The van der Waals surface area contributed by atoms with Crippen LogP contribution in [0.5, 0.6) is 0 Å². The third kappa shape index (κ3) is 7.75. The molecule has 0 fully saturated rings. The normalized spacial score (nSPS) is 12.0. The molecule has 3 aromatic carbocycles. The van der Waals surface area contributed by atoms with Gasteiger partial charge in [-0.2, -0.15) is 0 Å². The number of halogens is 2. The van der Waals surface area contributed by atoms with Gasteiger partial charge < -0.3 is 10.2 Å². The highest BCUT2D eigenvalue weighted by Gasteiger charge is 2.34. The number of nitrogens with one attached hydrogen (secondary N) is 1. The lowest BCUT2D eigenvalue weighted by Gasteiger charge is -2.33. The Kier molecular flexibility index (Phi) is 11.2. The Morgan fingerprint density at radius 1 is 0.897 bits per heavy atom. The summed E-state index contributed by atoms with van der Waals surface area (Å²) in [5.41, 5.74) is 1.07. The number of benzene rings is 3. The molecule has 0 saturated carbocycles. The first kappa shape index (κ1) is 30.5. The number of carbonyl (C=O) groups is 2.